The Hall–Kier alpha value is -0.790. The topological polar surface area (TPSA) is 55.1 Å². The summed E-state index contributed by atoms with van der Waals surface area (Å²) in [5.74, 6) is -1.97. The van der Waals surface area contributed by atoms with E-state index in [2.05, 4.69) is 5.32 Å². The number of hydrogen-bond acceptors (Lipinski definition) is 4. The monoisotopic (exact) mass is 306 g/mol. The number of anilines is 1. The van der Waals surface area contributed by atoms with E-state index in [0.717, 1.165) is 5.75 Å². The molecule has 7 heteroatoms. The van der Waals surface area contributed by atoms with Crippen LogP contribution in [0.3, 0.4) is 0 Å². The molecular weight excluding hydrogens is 290 g/mol. The number of thioether (sulfide) groups is 2. The third-order valence-electron chi connectivity index (χ3n) is 2.30. The molecular formula is C12H16F2N2OS2. The summed E-state index contributed by atoms with van der Waals surface area (Å²) in [6.07, 6.45) is 2.52. The first kappa shape index (κ1) is 16.3. The van der Waals surface area contributed by atoms with Crippen molar-refractivity contribution in [2.45, 2.75) is 23.1 Å². The molecule has 0 aromatic heterocycles. The van der Waals surface area contributed by atoms with E-state index in [1.54, 1.807) is 30.0 Å². The number of halogens is 2. The van der Waals surface area contributed by atoms with E-state index >= 15 is 0 Å². The predicted molar refractivity (Wildman–Crippen MR) is 77.9 cm³/mol. The highest BCUT2D eigenvalue weighted by atomic mass is 32.2. The van der Waals surface area contributed by atoms with Crippen molar-refractivity contribution in [1.82, 2.24) is 0 Å². The smallest absolute Gasteiger partial charge is 0.288 e. The van der Waals surface area contributed by atoms with Crippen LogP contribution in [0, 0.1) is 0 Å². The van der Waals surface area contributed by atoms with Gasteiger partial charge in [-0.05, 0) is 36.6 Å². The van der Waals surface area contributed by atoms with Gasteiger partial charge in [0.15, 0.2) is 0 Å². The van der Waals surface area contributed by atoms with Crippen LogP contribution in [-0.2, 0) is 4.79 Å². The quantitative estimate of drug-likeness (QED) is 0.760. The number of hydrogen-bond donors (Lipinski definition) is 2. The normalized spacial score (nSPS) is 12.5. The molecule has 0 radical (unpaired) electrons. The van der Waals surface area contributed by atoms with E-state index in [1.807, 2.05) is 6.26 Å². The maximum atomic E-state index is 12.2. The second-order valence-corrected chi connectivity index (χ2v) is 5.83. The van der Waals surface area contributed by atoms with Gasteiger partial charge in [0.2, 0.25) is 5.91 Å². The molecule has 0 aliphatic heterocycles. The summed E-state index contributed by atoms with van der Waals surface area (Å²) >= 11 is 2.06. The van der Waals surface area contributed by atoms with E-state index in [0.29, 0.717) is 28.8 Å². The largest absolute Gasteiger partial charge is 0.325 e. The lowest BCUT2D eigenvalue weighted by atomic mass is 10.2. The van der Waals surface area contributed by atoms with Crippen molar-refractivity contribution in [3.05, 3.63) is 24.3 Å². The van der Waals surface area contributed by atoms with Crippen molar-refractivity contribution in [2.75, 3.05) is 17.3 Å². The van der Waals surface area contributed by atoms with Gasteiger partial charge in [-0.25, -0.2) is 0 Å². The molecule has 0 aliphatic rings. The highest BCUT2D eigenvalue weighted by molar-refractivity contribution is 7.99. The molecule has 0 spiro atoms. The summed E-state index contributed by atoms with van der Waals surface area (Å²) in [4.78, 5) is 12.2. The van der Waals surface area contributed by atoms with E-state index < -0.39 is 11.8 Å². The Balaban J connectivity index is 2.58. The molecule has 1 aromatic carbocycles. The second-order valence-electron chi connectivity index (χ2n) is 3.78. The van der Waals surface area contributed by atoms with Crippen LogP contribution in [0.2, 0.25) is 0 Å². The summed E-state index contributed by atoms with van der Waals surface area (Å²) in [7, 11) is 0. The Morgan fingerprint density at radius 1 is 1.47 bits per heavy atom. The number of carbonyl (C=O) groups excluding carboxylic acids is 1. The molecule has 0 unspecified atom stereocenters. The fourth-order valence-corrected chi connectivity index (χ4v) is 2.41. The van der Waals surface area contributed by atoms with E-state index in [4.69, 9.17) is 5.73 Å². The molecule has 0 bridgehead atoms. The number of benzene rings is 1. The maximum absolute atomic E-state index is 12.2. The minimum Gasteiger partial charge on any atom is -0.325 e. The first-order chi connectivity index (χ1) is 9.02. The molecule has 1 amide bonds. The Kier molecular flexibility index (Phi) is 7.19. The summed E-state index contributed by atoms with van der Waals surface area (Å²) < 4.78 is 24.5. The van der Waals surface area contributed by atoms with Crippen molar-refractivity contribution >= 4 is 35.1 Å². The van der Waals surface area contributed by atoms with Gasteiger partial charge in [0.1, 0.15) is 0 Å². The van der Waals surface area contributed by atoms with Crippen molar-refractivity contribution in [3.63, 3.8) is 0 Å². The van der Waals surface area contributed by atoms with Gasteiger partial charge in [0.05, 0.1) is 6.04 Å². The lowest BCUT2D eigenvalue weighted by molar-refractivity contribution is -0.117. The highest BCUT2D eigenvalue weighted by Crippen LogP contribution is 2.27. The van der Waals surface area contributed by atoms with E-state index in [9.17, 15) is 13.6 Å². The number of amides is 1. The molecule has 0 saturated heterocycles. The lowest BCUT2D eigenvalue weighted by Gasteiger charge is -2.12. The van der Waals surface area contributed by atoms with Crippen LogP contribution in [0.1, 0.15) is 6.42 Å². The third kappa shape index (κ3) is 6.26. The van der Waals surface area contributed by atoms with Crippen molar-refractivity contribution in [1.29, 1.82) is 0 Å². The van der Waals surface area contributed by atoms with Gasteiger partial charge in [-0.1, -0.05) is 17.8 Å². The Morgan fingerprint density at radius 3 is 2.84 bits per heavy atom. The fourth-order valence-electron chi connectivity index (χ4n) is 1.36. The van der Waals surface area contributed by atoms with Crippen LogP contribution in [0.5, 0.6) is 0 Å². The second kappa shape index (κ2) is 8.39. The Labute approximate surface area is 119 Å². The molecule has 1 atom stereocenters. The van der Waals surface area contributed by atoms with Crippen LogP contribution in [0.4, 0.5) is 14.5 Å². The first-order valence-corrected chi connectivity index (χ1v) is 7.90. The van der Waals surface area contributed by atoms with Gasteiger partial charge in [-0.2, -0.15) is 20.5 Å². The minimum absolute atomic E-state index is 0.298. The lowest BCUT2D eigenvalue weighted by Crippen LogP contribution is -2.36. The number of nitrogens with two attached hydrogens (primary N) is 1. The average Bonchev–Trinajstić information content (AvgIpc) is 2.35. The van der Waals surface area contributed by atoms with Crippen LogP contribution >= 0.6 is 23.5 Å². The summed E-state index contributed by atoms with van der Waals surface area (Å²) in [5.41, 5.74) is 6.20. The zero-order valence-electron chi connectivity index (χ0n) is 10.4. The molecule has 19 heavy (non-hydrogen) atoms. The van der Waals surface area contributed by atoms with Crippen LogP contribution in [0.15, 0.2) is 29.2 Å². The number of nitrogens with one attached hydrogen (secondary N) is 1. The summed E-state index contributed by atoms with van der Waals surface area (Å²) in [5, 5.41) is 2.63. The standard InChI is InChI=1S/C12H16F2N2OS2/c1-18-6-5-10(15)11(17)16-8-3-2-4-9(7-8)19-12(13)14/h2-4,7,10,12H,5-6,15H2,1H3,(H,16,17)/t10-/m0/s1. The molecule has 1 rings (SSSR count). The summed E-state index contributed by atoms with van der Waals surface area (Å²) in [6.45, 7) is 0. The molecule has 1 aromatic rings. The average molecular weight is 306 g/mol. The van der Waals surface area contributed by atoms with Crippen LogP contribution in [0.25, 0.3) is 0 Å². The van der Waals surface area contributed by atoms with Gasteiger partial charge < -0.3 is 11.1 Å². The van der Waals surface area contributed by atoms with E-state index in [-0.39, 0.29) is 5.91 Å². The van der Waals surface area contributed by atoms with Crippen molar-refractivity contribution in [2.24, 2.45) is 5.73 Å². The van der Waals surface area contributed by atoms with Crippen LogP contribution < -0.4 is 11.1 Å². The first-order valence-electron chi connectivity index (χ1n) is 5.63. The van der Waals surface area contributed by atoms with Crippen molar-refractivity contribution < 1.29 is 13.6 Å². The maximum Gasteiger partial charge on any atom is 0.288 e. The zero-order chi connectivity index (χ0) is 14.3. The molecule has 0 saturated carbocycles. The molecule has 0 heterocycles. The van der Waals surface area contributed by atoms with Crippen LogP contribution in [-0.4, -0.2) is 29.7 Å². The third-order valence-corrected chi connectivity index (χ3v) is 3.64. The molecule has 0 aliphatic carbocycles. The number of carbonyl (C=O) groups is 1. The Morgan fingerprint density at radius 2 is 2.21 bits per heavy atom. The van der Waals surface area contributed by atoms with Gasteiger partial charge in [-0.15, -0.1) is 0 Å². The zero-order valence-corrected chi connectivity index (χ0v) is 12.1. The predicted octanol–water partition coefficient (Wildman–Crippen LogP) is 3.02. The van der Waals surface area contributed by atoms with Gasteiger partial charge in [-0.3, -0.25) is 4.79 Å². The van der Waals surface area contributed by atoms with Gasteiger partial charge >= 0.3 is 0 Å². The SMILES string of the molecule is CSCC[C@H](N)C(=O)Nc1cccc(SC(F)F)c1. The fraction of sp³-hybridized carbons (Fsp3) is 0.417. The molecule has 3 nitrogen and oxygen atoms in total. The molecule has 3 N–H and O–H groups in total. The minimum atomic E-state index is -2.48. The molecule has 0 fully saturated rings. The summed E-state index contributed by atoms with van der Waals surface area (Å²) in [6, 6.07) is 5.76. The van der Waals surface area contributed by atoms with Gasteiger partial charge in [0, 0.05) is 10.6 Å². The van der Waals surface area contributed by atoms with Gasteiger partial charge in [0.25, 0.3) is 5.76 Å². The highest BCUT2D eigenvalue weighted by Gasteiger charge is 2.13. The van der Waals surface area contributed by atoms with E-state index in [1.165, 1.54) is 6.07 Å². The number of rotatable bonds is 7. The molecule has 106 valence electrons. The Bertz CT molecular complexity index is 418. The number of alkyl halides is 2. The van der Waals surface area contributed by atoms with Crippen molar-refractivity contribution in [3.8, 4) is 0 Å².